The van der Waals surface area contributed by atoms with Gasteiger partial charge in [0.1, 0.15) is 0 Å². The molecule has 0 N–H and O–H groups in total. The fourth-order valence-electron chi connectivity index (χ4n) is 8.70. The maximum atomic E-state index is 5.43. The van der Waals surface area contributed by atoms with Gasteiger partial charge in [0.25, 0.3) is 0 Å². The van der Waals surface area contributed by atoms with Gasteiger partial charge < -0.3 is 9.80 Å². The van der Waals surface area contributed by atoms with Crippen LogP contribution in [-0.4, -0.2) is 16.5 Å². The summed E-state index contributed by atoms with van der Waals surface area (Å²) in [4.78, 5) is 17.9. The predicted octanol–water partition coefficient (Wildman–Crippen LogP) is 14.7. The Balaban J connectivity index is 1.09. The molecule has 3 aliphatic rings. The molecule has 1 aromatic heterocycles. The van der Waals surface area contributed by atoms with Crippen LogP contribution in [0.25, 0.3) is 39.4 Å². The summed E-state index contributed by atoms with van der Waals surface area (Å²) >= 11 is 1.84. The number of hydrogen-bond donors (Lipinski definition) is 0. The van der Waals surface area contributed by atoms with Gasteiger partial charge >= 0.3 is 0 Å². The highest BCUT2D eigenvalue weighted by Crippen LogP contribution is 2.52. The first-order valence-electron chi connectivity index (χ1n) is 20.7. The van der Waals surface area contributed by atoms with Crippen LogP contribution < -0.4 is 9.80 Å². The van der Waals surface area contributed by atoms with E-state index in [-0.39, 0.29) is 0 Å². The minimum Gasteiger partial charge on any atom is -0.308 e. The molecular weight excluding hydrogens is 749 g/mol. The molecule has 0 unspecified atom stereocenters. The standard InChI is InChI=1S/C55H44N4S/c1-3-16-38(4-2)40-26-28-42(29-27-40)54-47-22-11-12-23-48(47)56-55(57-54)58-36-15-18-39(30-33-46-45-21-10-5-7-17-41(45)31-34-49(46)58)43-32-35-53-51(37-43)59(44-19-8-6-9-20-44)50-24-13-14-25-52(50)60-53/h3-4,6,8-16,18-32,34-35,37H,1-2,5,7,17,33,36H2/b18-15-,38-16+,39-30+. The molecule has 0 spiro atoms. The molecule has 6 aromatic carbocycles. The zero-order chi connectivity index (χ0) is 40.4. The first-order chi connectivity index (χ1) is 29.7. The number of rotatable bonds is 7. The summed E-state index contributed by atoms with van der Waals surface area (Å²) in [5.74, 6) is 0.681. The summed E-state index contributed by atoms with van der Waals surface area (Å²) < 4.78 is 0. The highest BCUT2D eigenvalue weighted by molar-refractivity contribution is 7.99. The van der Waals surface area contributed by atoms with E-state index in [1.54, 1.807) is 6.08 Å². The Morgan fingerprint density at radius 1 is 0.700 bits per heavy atom. The van der Waals surface area contributed by atoms with Gasteiger partial charge in [-0.15, -0.1) is 0 Å². The van der Waals surface area contributed by atoms with Crippen molar-refractivity contribution >= 4 is 68.6 Å². The van der Waals surface area contributed by atoms with Gasteiger partial charge in [-0.3, -0.25) is 0 Å². The predicted molar refractivity (Wildman–Crippen MR) is 255 cm³/mol. The van der Waals surface area contributed by atoms with Crippen molar-refractivity contribution in [2.45, 2.75) is 35.5 Å². The van der Waals surface area contributed by atoms with Crippen LogP contribution in [0.4, 0.5) is 28.7 Å². The Kier molecular flexibility index (Phi) is 10.2. The summed E-state index contributed by atoms with van der Waals surface area (Å²) in [7, 11) is 0. The van der Waals surface area contributed by atoms with Crippen molar-refractivity contribution in [1.82, 2.24) is 9.97 Å². The van der Waals surface area contributed by atoms with E-state index in [1.807, 2.05) is 23.9 Å². The Hall–Kier alpha value is -6.95. The minimum atomic E-state index is 0.600. The average molecular weight is 793 g/mol. The molecule has 5 heteroatoms. The van der Waals surface area contributed by atoms with Crippen molar-refractivity contribution in [1.29, 1.82) is 0 Å². The Morgan fingerprint density at radius 2 is 1.50 bits per heavy atom. The van der Waals surface area contributed by atoms with Crippen molar-refractivity contribution in [3.63, 3.8) is 0 Å². The second kappa shape index (κ2) is 16.4. The second-order valence-electron chi connectivity index (χ2n) is 15.3. The van der Waals surface area contributed by atoms with E-state index < -0.39 is 0 Å². The molecule has 4 nitrogen and oxygen atoms in total. The van der Waals surface area contributed by atoms with E-state index in [0.29, 0.717) is 12.5 Å². The van der Waals surface area contributed by atoms with Gasteiger partial charge in [-0.05, 0) is 113 Å². The van der Waals surface area contributed by atoms with Crippen LogP contribution in [0, 0.1) is 0 Å². The second-order valence-corrected chi connectivity index (χ2v) is 16.3. The highest BCUT2D eigenvalue weighted by atomic mass is 32.2. The summed E-state index contributed by atoms with van der Waals surface area (Å²) in [5, 5.41) is 1.02. The van der Waals surface area contributed by atoms with Gasteiger partial charge in [0.05, 0.1) is 22.6 Å². The van der Waals surface area contributed by atoms with Crippen molar-refractivity contribution in [3.8, 4) is 11.3 Å². The Morgan fingerprint density at radius 3 is 2.37 bits per heavy atom. The van der Waals surface area contributed by atoms with E-state index >= 15 is 0 Å². The van der Waals surface area contributed by atoms with Crippen molar-refractivity contribution in [3.05, 3.63) is 217 Å². The molecule has 290 valence electrons. The maximum absolute atomic E-state index is 5.43. The molecular formula is C55H44N4S. The van der Waals surface area contributed by atoms with Crippen LogP contribution in [-0.2, 0) is 12.8 Å². The first-order valence-corrected chi connectivity index (χ1v) is 21.5. The smallest absolute Gasteiger partial charge is 0.231 e. The van der Waals surface area contributed by atoms with Gasteiger partial charge in [-0.25, -0.2) is 9.97 Å². The fraction of sp³-hybridized carbons (Fsp3) is 0.0909. The molecule has 0 fully saturated rings. The van der Waals surface area contributed by atoms with E-state index in [2.05, 4.69) is 187 Å². The van der Waals surface area contributed by atoms with Crippen molar-refractivity contribution in [2.75, 3.05) is 16.3 Å². The quantitative estimate of drug-likeness (QED) is 0.150. The van der Waals surface area contributed by atoms with E-state index in [1.165, 1.54) is 49.0 Å². The van der Waals surface area contributed by atoms with E-state index in [4.69, 9.17) is 9.97 Å². The monoisotopic (exact) mass is 792 g/mol. The number of fused-ring (bicyclic) bond motifs is 6. The molecule has 10 rings (SSSR count). The summed E-state index contributed by atoms with van der Waals surface area (Å²) in [6, 6.07) is 47.9. The number of allylic oxidation sites excluding steroid dienone is 8. The molecule has 60 heavy (non-hydrogen) atoms. The zero-order valence-corrected chi connectivity index (χ0v) is 34.3. The number of hydrogen-bond acceptors (Lipinski definition) is 5. The lowest BCUT2D eigenvalue weighted by Crippen LogP contribution is -2.22. The van der Waals surface area contributed by atoms with Crippen molar-refractivity contribution in [2.24, 2.45) is 0 Å². The summed E-state index contributed by atoms with van der Waals surface area (Å²) in [5.41, 5.74) is 16.1. The summed E-state index contributed by atoms with van der Waals surface area (Å²) in [6.45, 7) is 8.50. The molecule has 0 saturated heterocycles. The van der Waals surface area contributed by atoms with Gasteiger partial charge in [-0.1, -0.05) is 158 Å². The van der Waals surface area contributed by atoms with Gasteiger partial charge in [0, 0.05) is 38.7 Å². The van der Waals surface area contributed by atoms with Crippen LogP contribution >= 0.6 is 11.8 Å². The Labute approximate surface area is 357 Å². The normalized spacial score (nSPS) is 16.1. The Bertz CT molecular complexity index is 2920. The number of aryl methyl sites for hydroxylation is 1. The van der Waals surface area contributed by atoms with Crippen LogP contribution in [0.1, 0.15) is 40.7 Å². The third kappa shape index (κ3) is 7.01. The van der Waals surface area contributed by atoms with Gasteiger partial charge in [-0.2, -0.15) is 0 Å². The topological polar surface area (TPSA) is 32.3 Å². The lowest BCUT2D eigenvalue weighted by atomic mass is 9.93. The molecule has 0 radical (unpaired) electrons. The average Bonchev–Trinajstić information content (AvgIpc) is 3.50. The van der Waals surface area contributed by atoms with Crippen LogP contribution in [0.3, 0.4) is 0 Å². The lowest BCUT2D eigenvalue weighted by Gasteiger charge is -2.33. The molecule has 1 aliphatic carbocycles. The molecule has 3 heterocycles. The number of aromatic nitrogens is 2. The molecule has 0 atom stereocenters. The SMILES string of the molecule is C=C/C=C(\C=C)c1ccc(-c2nc(N3C/C=C\C(c4ccc5c(c4)N(c4ccccc4)c4ccccc4S5)=C/Cc4c3ccc3c4C=CCCC3)nc3ccccc23)cc1. The number of anilines is 5. The first kappa shape index (κ1) is 37.3. The fourth-order valence-corrected chi connectivity index (χ4v) is 9.74. The molecule has 0 saturated carbocycles. The molecule has 0 amide bonds. The number of nitrogens with zero attached hydrogens (tertiary/aromatic N) is 4. The highest BCUT2D eigenvalue weighted by Gasteiger charge is 2.26. The van der Waals surface area contributed by atoms with Gasteiger partial charge in [0.2, 0.25) is 5.95 Å². The summed E-state index contributed by atoms with van der Waals surface area (Å²) in [6.07, 6.45) is 21.4. The minimum absolute atomic E-state index is 0.600. The third-order valence-electron chi connectivity index (χ3n) is 11.6. The number of para-hydroxylation sites is 3. The van der Waals surface area contributed by atoms with Crippen LogP contribution in [0.15, 0.2) is 199 Å². The van der Waals surface area contributed by atoms with Crippen LogP contribution in [0.5, 0.6) is 0 Å². The van der Waals surface area contributed by atoms with E-state index in [9.17, 15) is 0 Å². The number of benzene rings is 6. The zero-order valence-electron chi connectivity index (χ0n) is 33.5. The maximum Gasteiger partial charge on any atom is 0.231 e. The third-order valence-corrected chi connectivity index (χ3v) is 12.8. The molecule has 0 bridgehead atoms. The van der Waals surface area contributed by atoms with Crippen molar-refractivity contribution < 1.29 is 0 Å². The van der Waals surface area contributed by atoms with Crippen LogP contribution in [0.2, 0.25) is 0 Å². The lowest BCUT2D eigenvalue weighted by molar-refractivity contribution is 0.850. The van der Waals surface area contributed by atoms with Gasteiger partial charge in [0.15, 0.2) is 0 Å². The van der Waals surface area contributed by atoms with E-state index in [0.717, 1.165) is 70.4 Å². The molecule has 7 aromatic rings. The molecule has 2 aliphatic heterocycles. The largest absolute Gasteiger partial charge is 0.308 e.